The van der Waals surface area contributed by atoms with Crippen LogP contribution in [0.3, 0.4) is 0 Å². The van der Waals surface area contributed by atoms with Crippen molar-refractivity contribution in [2.24, 2.45) is 5.73 Å². The van der Waals surface area contributed by atoms with E-state index < -0.39 is 0 Å². The van der Waals surface area contributed by atoms with Gasteiger partial charge in [-0.05, 0) is 49.2 Å². The number of halogens is 1. The predicted molar refractivity (Wildman–Crippen MR) is 91.2 cm³/mol. The first kappa shape index (κ1) is 14.3. The van der Waals surface area contributed by atoms with E-state index in [2.05, 4.69) is 70.7 Å². The summed E-state index contributed by atoms with van der Waals surface area (Å²) in [6, 6.07) is 12.6. The number of nitrogens with two attached hydrogens (primary N) is 1. The summed E-state index contributed by atoms with van der Waals surface area (Å²) in [4.78, 5) is 4.85. The van der Waals surface area contributed by atoms with E-state index in [-0.39, 0.29) is 0 Å². The van der Waals surface area contributed by atoms with Gasteiger partial charge < -0.3 is 10.3 Å². The summed E-state index contributed by atoms with van der Waals surface area (Å²) in [5, 5.41) is 0. The van der Waals surface area contributed by atoms with Crippen LogP contribution in [0, 0.1) is 6.92 Å². The van der Waals surface area contributed by atoms with Crippen LogP contribution in [0.2, 0.25) is 0 Å². The number of imidazole rings is 1. The summed E-state index contributed by atoms with van der Waals surface area (Å²) < 4.78 is 3.32. The number of hydrogen-bond donors (Lipinski definition) is 1. The van der Waals surface area contributed by atoms with E-state index in [0.29, 0.717) is 6.54 Å². The van der Waals surface area contributed by atoms with Gasteiger partial charge in [0.05, 0.1) is 11.0 Å². The Hall–Kier alpha value is -1.65. The zero-order chi connectivity index (χ0) is 15.0. The third kappa shape index (κ3) is 2.49. The van der Waals surface area contributed by atoms with Crippen LogP contribution in [-0.4, -0.2) is 9.55 Å². The zero-order valence-corrected chi connectivity index (χ0v) is 13.8. The van der Waals surface area contributed by atoms with E-state index in [1.54, 1.807) is 0 Å². The van der Waals surface area contributed by atoms with E-state index in [4.69, 9.17) is 10.7 Å². The lowest BCUT2D eigenvalue weighted by molar-refractivity contribution is 0.795. The van der Waals surface area contributed by atoms with Crippen molar-refractivity contribution >= 4 is 27.0 Å². The monoisotopic (exact) mass is 343 g/mol. The Kier molecular flexibility index (Phi) is 3.83. The van der Waals surface area contributed by atoms with Crippen LogP contribution in [0.25, 0.3) is 22.4 Å². The molecule has 3 aromatic rings. The number of benzene rings is 2. The van der Waals surface area contributed by atoms with Gasteiger partial charge in [-0.25, -0.2) is 4.98 Å². The summed E-state index contributed by atoms with van der Waals surface area (Å²) in [6.07, 6.45) is 0. The smallest absolute Gasteiger partial charge is 0.141 e. The molecule has 0 unspecified atom stereocenters. The molecule has 3 rings (SSSR count). The fourth-order valence-electron chi connectivity index (χ4n) is 2.66. The van der Waals surface area contributed by atoms with Crippen LogP contribution in [-0.2, 0) is 13.1 Å². The topological polar surface area (TPSA) is 43.8 Å². The molecule has 2 aromatic carbocycles. The van der Waals surface area contributed by atoms with Gasteiger partial charge >= 0.3 is 0 Å². The van der Waals surface area contributed by atoms with Gasteiger partial charge in [0.25, 0.3) is 0 Å². The quantitative estimate of drug-likeness (QED) is 0.772. The molecule has 0 saturated heterocycles. The summed E-state index contributed by atoms with van der Waals surface area (Å²) in [5.41, 5.74) is 11.4. The van der Waals surface area contributed by atoms with Gasteiger partial charge in [0.1, 0.15) is 5.82 Å². The normalized spacial score (nSPS) is 11.2. The van der Waals surface area contributed by atoms with Crippen LogP contribution >= 0.6 is 15.9 Å². The molecule has 0 amide bonds. The number of hydrogen-bond acceptors (Lipinski definition) is 2. The standard InChI is InChI=1S/C17H18BrN3/c1-3-21-16-7-5-12(10-19)8-15(16)20-17(21)14-9-13(18)6-4-11(14)2/h4-9H,3,10,19H2,1-2H3. The Morgan fingerprint density at radius 1 is 1.19 bits per heavy atom. The first-order valence-electron chi connectivity index (χ1n) is 7.09. The summed E-state index contributed by atoms with van der Waals surface area (Å²) >= 11 is 3.55. The highest BCUT2D eigenvalue weighted by Crippen LogP contribution is 2.29. The van der Waals surface area contributed by atoms with Crippen molar-refractivity contribution in [2.75, 3.05) is 0 Å². The van der Waals surface area contributed by atoms with Crippen LogP contribution in [0.4, 0.5) is 0 Å². The number of rotatable bonds is 3. The lowest BCUT2D eigenvalue weighted by atomic mass is 10.1. The predicted octanol–water partition coefficient (Wildman–Crippen LogP) is 4.25. The average molecular weight is 344 g/mol. The first-order chi connectivity index (χ1) is 10.1. The molecule has 0 aliphatic carbocycles. The molecule has 21 heavy (non-hydrogen) atoms. The molecule has 0 bridgehead atoms. The van der Waals surface area contributed by atoms with Crippen molar-refractivity contribution in [3.8, 4) is 11.4 Å². The highest BCUT2D eigenvalue weighted by molar-refractivity contribution is 9.10. The maximum atomic E-state index is 5.73. The summed E-state index contributed by atoms with van der Waals surface area (Å²) in [7, 11) is 0. The molecule has 3 nitrogen and oxygen atoms in total. The second-order valence-corrected chi connectivity index (χ2v) is 6.08. The molecule has 1 heterocycles. The lowest BCUT2D eigenvalue weighted by Gasteiger charge is -2.09. The van der Waals surface area contributed by atoms with Crippen molar-refractivity contribution in [2.45, 2.75) is 26.9 Å². The van der Waals surface area contributed by atoms with Gasteiger partial charge in [0.2, 0.25) is 0 Å². The Labute approximate surface area is 132 Å². The fourth-order valence-corrected chi connectivity index (χ4v) is 3.02. The van der Waals surface area contributed by atoms with Gasteiger partial charge in [-0.1, -0.05) is 28.1 Å². The number of fused-ring (bicyclic) bond motifs is 1. The largest absolute Gasteiger partial charge is 0.326 e. The molecule has 2 N–H and O–H groups in total. The molecule has 0 radical (unpaired) electrons. The first-order valence-corrected chi connectivity index (χ1v) is 7.89. The van der Waals surface area contributed by atoms with Crippen LogP contribution in [0.1, 0.15) is 18.1 Å². The van der Waals surface area contributed by atoms with Crippen molar-refractivity contribution in [1.82, 2.24) is 9.55 Å². The second-order valence-electron chi connectivity index (χ2n) is 5.17. The second kappa shape index (κ2) is 5.62. The van der Waals surface area contributed by atoms with E-state index in [1.165, 1.54) is 5.56 Å². The third-order valence-corrected chi connectivity index (χ3v) is 4.30. The minimum absolute atomic E-state index is 0.542. The van der Waals surface area contributed by atoms with Gasteiger partial charge in [-0.3, -0.25) is 0 Å². The summed E-state index contributed by atoms with van der Waals surface area (Å²) in [6.45, 7) is 5.70. The highest BCUT2D eigenvalue weighted by Gasteiger charge is 2.14. The van der Waals surface area contributed by atoms with Gasteiger partial charge in [0, 0.05) is 23.1 Å². The van der Waals surface area contributed by atoms with Gasteiger partial charge in [-0.15, -0.1) is 0 Å². The van der Waals surface area contributed by atoms with E-state index in [9.17, 15) is 0 Å². The van der Waals surface area contributed by atoms with Crippen molar-refractivity contribution in [3.05, 3.63) is 52.0 Å². The Morgan fingerprint density at radius 2 is 2.00 bits per heavy atom. The van der Waals surface area contributed by atoms with Crippen LogP contribution < -0.4 is 5.73 Å². The molecule has 0 spiro atoms. The number of aryl methyl sites for hydroxylation is 2. The number of aromatic nitrogens is 2. The Balaban J connectivity index is 2.29. The molecule has 1 aromatic heterocycles. The molecule has 0 aliphatic heterocycles. The van der Waals surface area contributed by atoms with Gasteiger partial charge in [-0.2, -0.15) is 0 Å². The zero-order valence-electron chi connectivity index (χ0n) is 12.2. The fraction of sp³-hybridized carbons (Fsp3) is 0.235. The molecule has 4 heteroatoms. The molecule has 0 atom stereocenters. The minimum Gasteiger partial charge on any atom is -0.326 e. The highest BCUT2D eigenvalue weighted by atomic mass is 79.9. The number of nitrogens with zero attached hydrogens (tertiary/aromatic N) is 2. The van der Waals surface area contributed by atoms with E-state index in [1.807, 2.05) is 0 Å². The molecule has 0 aliphatic rings. The van der Waals surface area contributed by atoms with Crippen molar-refractivity contribution < 1.29 is 0 Å². The molecular formula is C17H18BrN3. The van der Waals surface area contributed by atoms with E-state index in [0.717, 1.165) is 39.0 Å². The molecule has 0 fully saturated rings. The van der Waals surface area contributed by atoms with Gasteiger partial charge in [0.15, 0.2) is 0 Å². The maximum absolute atomic E-state index is 5.73. The average Bonchev–Trinajstić information content (AvgIpc) is 2.86. The molecular weight excluding hydrogens is 326 g/mol. The Morgan fingerprint density at radius 3 is 2.71 bits per heavy atom. The van der Waals surface area contributed by atoms with Crippen molar-refractivity contribution in [3.63, 3.8) is 0 Å². The minimum atomic E-state index is 0.542. The third-order valence-electron chi connectivity index (χ3n) is 3.81. The molecule has 108 valence electrons. The maximum Gasteiger partial charge on any atom is 0.141 e. The van der Waals surface area contributed by atoms with Crippen molar-refractivity contribution in [1.29, 1.82) is 0 Å². The summed E-state index contributed by atoms with van der Waals surface area (Å²) in [5.74, 6) is 1.01. The van der Waals surface area contributed by atoms with Crippen LogP contribution in [0.15, 0.2) is 40.9 Å². The Bertz CT molecular complexity index is 805. The van der Waals surface area contributed by atoms with Crippen LogP contribution in [0.5, 0.6) is 0 Å². The molecule has 0 saturated carbocycles. The lowest BCUT2D eigenvalue weighted by Crippen LogP contribution is -1.99. The van der Waals surface area contributed by atoms with E-state index >= 15 is 0 Å². The SMILES string of the molecule is CCn1c(-c2cc(Br)ccc2C)nc2cc(CN)ccc21.